The van der Waals surface area contributed by atoms with Crippen LogP contribution in [0, 0.1) is 19.1 Å². The first-order valence-corrected chi connectivity index (χ1v) is 15.9. The number of thiophene rings is 1. The number of fused-ring (bicyclic) bond motifs is 7. The maximum atomic E-state index is 6.59. The Hall–Kier alpha value is -3.63. The summed E-state index contributed by atoms with van der Waals surface area (Å²) in [6.45, 7) is 8.72. The molecule has 8 rings (SSSR count). The first kappa shape index (κ1) is 30.4. The zero-order valence-corrected chi connectivity index (χ0v) is 28.7. The number of furan rings is 1. The second-order valence-corrected chi connectivity index (χ2v) is 13.5. The minimum atomic E-state index is 0. The van der Waals surface area contributed by atoms with Crippen molar-refractivity contribution < 1.29 is 24.5 Å². The summed E-state index contributed by atoms with van der Waals surface area (Å²) < 4.78 is 7.90. The van der Waals surface area contributed by atoms with Gasteiger partial charge in [-0.1, -0.05) is 62.1 Å². The molecule has 0 amide bonds. The van der Waals surface area contributed by atoms with Gasteiger partial charge < -0.3 is 14.4 Å². The number of aryl methyl sites for hydroxylation is 3. The predicted octanol–water partition coefficient (Wildman–Crippen LogP) is 10.7. The Morgan fingerprint density at radius 1 is 0.795 bits per heavy atom. The Morgan fingerprint density at radius 3 is 2.39 bits per heavy atom. The predicted molar refractivity (Wildman–Crippen MR) is 180 cm³/mol. The summed E-state index contributed by atoms with van der Waals surface area (Å²) in [5.74, 6) is 0. The molecule has 0 saturated carbocycles. The summed E-state index contributed by atoms with van der Waals surface area (Å²) >= 11 is 1.93. The van der Waals surface area contributed by atoms with E-state index in [1.54, 1.807) is 10.4 Å². The third-order valence-corrected chi connectivity index (χ3v) is 9.61. The molecule has 4 aromatic heterocycles. The minimum absolute atomic E-state index is 0. The van der Waals surface area contributed by atoms with Crippen molar-refractivity contribution in [1.82, 2.24) is 9.97 Å². The van der Waals surface area contributed by atoms with Gasteiger partial charge in [0.15, 0.2) is 0 Å². The Kier molecular flexibility index (Phi) is 8.57. The summed E-state index contributed by atoms with van der Waals surface area (Å²) in [5, 5.41) is 3.73. The molecular formula is C39H34IrN2OS-2. The van der Waals surface area contributed by atoms with Crippen LogP contribution in [-0.4, -0.2) is 9.97 Å². The van der Waals surface area contributed by atoms with E-state index in [1.165, 1.54) is 52.3 Å². The van der Waals surface area contributed by atoms with Crippen LogP contribution >= 0.6 is 11.3 Å². The monoisotopic (exact) mass is 771 g/mol. The van der Waals surface area contributed by atoms with Gasteiger partial charge in [-0.3, -0.25) is 0 Å². The van der Waals surface area contributed by atoms with Crippen molar-refractivity contribution in [1.29, 1.82) is 0 Å². The van der Waals surface area contributed by atoms with Gasteiger partial charge in [-0.15, -0.1) is 65.4 Å². The van der Waals surface area contributed by atoms with E-state index in [0.717, 1.165) is 39.1 Å². The van der Waals surface area contributed by atoms with Crippen molar-refractivity contribution >= 4 is 43.4 Å². The van der Waals surface area contributed by atoms with E-state index in [-0.39, 0.29) is 25.5 Å². The van der Waals surface area contributed by atoms with E-state index in [4.69, 9.17) is 4.42 Å². The van der Waals surface area contributed by atoms with Gasteiger partial charge in [-0.2, -0.15) is 0 Å². The van der Waals surface area contributed by atoms with Crippen molar-refractivity contribution in [2.75, 3.05) is 0 Å². The standard InChI is InChI=1S/C27H24NOS.C12H10N.Ir/c1-27(2,3)16-13-14-28-22(15-16)21-9-6-8-18-19-11-12-20-17-7-4-5-10-23(17)30-26(20)25(19)29-24(18)21;1-10-7-8-12(13-9-10)11-5-3-2-4-6-11;/h6,8,11-15H,4-5,7,10H2,1-3H3;2-5,7-9H,1H3;/q2*-1;. The van der Waals surface area contributed by atoms with Crippen LogP contribution in [0.5, 0.6) is 0 Å². The molecule has 4 heterocycles. The average Bonchev–Trinajstić information content (AvgIpc) is 3.61. The molecule has 5 heteroatoms. The molecule has 0 saturated heterocycles. The van der Waals surface area contributed by atoms with Gasteiger partial charge in [0.1, 0.15) is 5.58 Å². The molecule has 0 bridgehead atoms. The first-order valence-electron chi connectivity index (χ1n) is 15.0. The zero-order valence-electron chi connectivity index (χ0n) is 25.5. The number of benzene rings is 3. The van der Waals surface area contributed by atoms with E-state index < -0.39 is 0 Å². The third kappa shape index (κ3) is 5.77. The maximum absolute atomic E-state index is 6.59. The van der Waals surface area contributed by atoms with Gasteiger partial charge in [0.25, 0.3) is 0 Å². The summed E-state index contributed by atoms with van der Waals surface area (Å²) in [7, 11) is 0. The Morgan fingerprint density at radius 2 is 1.61 bits per heavy atom. The third-order valence-electron chi connectivity index (χ3n) is 8.30. The van der Waals surface area contributed by atoms with Crippen LogP contribution in [0.15, 0.2) is 89.6 Å². The molecule has 1 aliphatic carbocycles. The molecule has 0 fully saturated rings. The van der Waals surface area contributed by atoms with Crippen molar-refractivity contribution in [3.8, 4) is 22.5 Å². The summed E-state index contributed by atoms with van der Waals surface area (Å²) in [6.07, 6.45) is 8.78. The minimum Gasteiger partial charge on any atom is -0.499 e. The molecule has 1 radical (unpaired) electrons. The van der Waals surface area contributed by atoms with E-state index in [2.05, 4.69) is 79.3 Å². The fourth-order valence-electron chi connectivity index (χ4n) is 5.92. The molecule has 0 aliphatic heterocycles. The van der Waals surface area contributed by atoms with Gasteiger partial charge in [0, 0.05) is 42.8 Å². The van der Waals surface area contributed by atoms with Crippen molar-refractivity contribution in [2.24, 2.45) is 0 Å². The number of nitrogens with zero attached hydrogens (tertiary/aromatic N) is 2. The summed E-state index contributed by atoms with van der Waals surface area (Å²) in [4.78, 5) is 10.5. The maximum Gasteiger partial charge on any atom is 0.138 e. The van der Waals surface area contributed by atoms with Gasteiger partial charge in [0.2, 0.25) is 0 Å². The number of pyridine rings is 2. The smallest absolute Gasteiger partial charge is 0.138 e. The number of hydrogen-bond acceptors (Lipinski definition) is 4. The molecule has 0 N–H and O–H groups in total. The van der Waals surface area contributed by atoms with E-state index in [9.17, 15) is 0 Å². The molecule has 44 heavy (non-hydrogen) atoms. The van der Waals surface area contributed by atoms with E-state index in [0.29, 0.717) is 0 Å². The Balaban J connectivity index is 0.000000207. The van der Waals surface area contributed by atoms with E-state index >= 15 is 0 Å². The summed E-state index contributed by atoms with van der Waals surface area (Å²) in [6, 6.07) is 31.4. The number of rotatable bonds is 2. The largest absolute Gasteiger partial charge is 0.499 e. The van der Waals surface area contributed by atoms with Crippen LogP contribution in [0.2, 0.25) is 0 Å². The van der Waals surface area contributed by atoms with Crippen molar-refractivity contribution in [2.45, 2.75) is 58.8 Å². The molecule has 1 aliphatic rings. The SMILES string of the molecule is CC(C)(C)c1ccnc(-c2[c-]ccc3c2oc2c3ccc3c4c(sc32)CCCC4)c1.Cc1ccc(-c2[c-]cccc2)nc1.[Ir]. The molecule has 0 atom stereocenters. The molecule has 3 aromatic carbocycles. The van der Waals surface area contributed by atoms with Gasteiger partial charge in [-0.25, -0.2) is 0 Å². The molecule has 223 valence electrons. The second-order valence-electron chi connectivity index (χ2n) is 12.4. The molecule has 0 unspecified atom stereocenters. The van der Waals surface area contributed by atoms with Gasteiger partial charge in [0.05, 0.1) is 10.3 Å². The van der Waals surface area contributed by atoms with Gasteiger partial charge in [-0.05, 0) is 77.6 Å². The normalized spacial score (nSPS) is 12.9. The molecule has 7 aromatic rings. The van der Waals surface area contributed by atoms with Crippen LogP contribution < -0.4 is 0 Å². The topological polar surface area (TPSA) is 38.9 Å². The van der Waals surface area contributed by atoms with Gasteiger partial charge >= 0.3 is 0 Å². The fraction of sp³-hybridized carbons (Fsp3) is 0.231. The quantitative estimate of drug-likeness (QED) is 0.164. The van der Waals surface area contributed by atoms with Crippen LogP contribution in [0.3, 0.4) is 0 Å². The average molecular weight is 771 g/mol. The zero-order chi connectivity index (χ0) is 29.6. The van der Waals surface area contributed by atoms with Crippen LogP contribution in [0.1, 0.15) is 55.2 Å². The number of hydrogen-bond donors (Lipinski definition) is 0. The van der Waals surface area contributed by atoms with Crippen LogP contribution in [0.4, 0.5) is 0 Å². The Bertz CT molecular complexity index is 2070. The fourth-order valence-corrected chi connectivity index (χ4v) is 7.30. The van der Waals surface area contributed by atoms with E-state index in [1.807, 2.05) is 67.1 Å². The first-order chi connectivity index (χ1) is 20.9. The molecule has 3 nitrogen and oxygen atoms in total. The number of aromatic nitrogens is 2. The van der Waals surface area contributed by atoms with Crippen molar-refractivity contribution in [3.63, 3.8) is 0 Å². The second kappa shape index (κ2) is 12.4. The van der Waals surface area contributed by atoms with Crippen molar-refractivity contribution in [3.05, 3.63) is 119 Å². The van der Waals surface area contributed by atoms with Crippen LogP contribution in [-0.2, 0) is 38.4 Å². The van der Waals surface area contributed by atoms with Crippen LogP contribution in [0.25, 0.3) is 54.5 Å². The Labute approximate surface area is 276 Å². The molecular weight excluding hydrogens is 737 g/mol. The molecule has 0 spiro atoms. The summed E-state index contributed by atoms with van der Waals surface area (Å²) in [5.41, 5.74) is 9.88.